The Bertz CT molecular complexity index is 283. The van der Waals surface area contributed by atoms with E-state index in [-0.39, 0.29) is 11.5 Å². The number of aliphatic carboxylic acids is 1. The van der Waals surface area contributed by atoms with Gasteiger partial charge in [0.15, 0.2) is 0 Å². The highest BCUT2D eigenvalue weighted by atomic mass is 16.4. The minimum atomic E-state index is -0.926. The number of likely N-dealkylation sites (tertiary alicyclic amines) is 1. The van der Waals surface area contributed by atoms with Gasteiger partial charge in [-0.15, -0.1) is 0 Å². The van der Waals surface area contributed by atoms with Crippen molar-refractivity contribution in [3.05, 3.63) is 11.6 Å². The van der Waals surface area contributed by atoms with Crippen molar-refractivity contribution in [2.24, 2.45) is 5.92 Å². The molecule has 0 aromatic heterocycles. The maximum absolute atomic E-state index is 11.3. The molecule has 14 heavy (non-hydrogen) atoms. The Morgan fingerprint density at radius 3 is 2.79 bits per heavy atom. The standard InChI is InChI=1S/C10H15NO3/c1-7-5-9(12)11(6-7)4-3-8(2)10(13)14/h3,7H,4-6H2,1-2H3,(H,13,14)/b8-3-. The lowest BCUT2D eigenvalue weighted by molar-refractivity contribution is -0.133. The molecule has 1 atom stereocenters. The Labute approximate surface area is 83.2 Å². The van der Waals surface area contributed by atoms with Crippen molar-refractivity contribution < 1.29 is 14.7 Å². The molecule has 1 amide bonds. The lowest BCUT2D eigenvalue weighted by Crippen LogP contribution is -2.25. The summed E-state index contributed by atoms with van der Waals surface area (Å²) in [4.78, 5) is 23.5. The van der Waals surface area contributed by atoms with Crippen LogP contribution in [0.1, 0.15) is 20.3 Å². The van der Waals surface area contributed by atoms with Crippen LogP contribution in [0.2, 0.25) is 0 Å². The van der Waals surface area contributed by atoms with Crippen LogP contribution in [0.15, 0.2) is 11.6 Å². The summed E-state index contributed by atoms with van der Waals surface area (Å²) in [5.41, 5.74) is 0.289. The molecule has 78 valence electrons. The van der Waals surface area contributed by atoms with Gasteiger partial charge in [0.2, 0.25) is 5.91 Å². The van der Waals surface area contributed by atoms with E-state index in [1.54, 1.807) is 11.0 Å². The van der Waals surface area contributed by atoms with Gasteiger partial charge < -0.3 is 10.0 Å². The second-order valence-electron chi connectivity index (χ2n) is 3.80. The summed E-state index contributed by atoms with van der Waals surface area (Å²) in [6, 6.07) is 0. The summed E-state index contributed by atoms with van der Waals surface area (Å²) in [6.45, 7) is 4.71. The molecule has 1 aliphatic rings. The lowest BCUT2D eigenvalue weighted by atomic mass is 10.2. The fourth-order valence-electron chi connectivity index (χ4n) is 1.48. The molecule has 1 unspecified atom stereocenters. The second kappa shape index (κ2) is 4.26. The smallest absolute Gasteiger partial charge is 0.331 e. The third-order valence-electron chi connectivity index (χ3n) is 2.36. The molecule has 1 saturated heterocycles. The van der Waals surface area contributed by atoms with Crippen LogP contribution in [0.5, 0.6) is 0 Å². The lowest BCUT2D eigenvalue weighted by Gasteiger charge is -2.13. The third kappa shape index (κ3) is 2.58. The molecule has 1 rings (SSSR count). The summed E-state index contributed by atoms with van der Waals surface area (Å²) in [6.07, 6.45) is 2.16. The van der Waals surface area contributed by atoms with Gasteiger partial charge in [-0.2, -0.15) is 0 Å². The van der Waals surface area contributed by atoms with Crippen molar-refractivity contribution in [1.82, 2.24) is 4.90 Å². The highest BCUT2D eigenvalue weighted by Gasteiger charge is 2.25. The number of nitrogens with zero attached hydrogens (tertiary/aromatic N) is 1. The van der Waals surface area contributed by atoms with Crippen molar-refractivity contribution in [3.8, 4) is 0 Å². The van der Waals surface area contributed by atoms with Gasteiger partial charge in [0.25, 0.3) is 0 Å². The number of carbonyl (C=O) groups excluding carboxylic acids is 1. The van der Waals surface area contributed by atoms with Crippen molar-refractivity contribution in [1.29, 1.82) is 0 Å². The van der Waals surface area contributed by atoms with Gasteiger partial charge in [0, 0.05) is 25.1 Å². The Morgan fingerprint density at radius 2 is 2.36 bits per heavy atom. The predicted octanol–water partition coefficient (Wildman–Crippen LogP) is 0.886. The van der Waals surface area contributed by atoms with Crippen LogP contribution in [0.25, 0.3) is 0 Å². The number of amides is 1. The fourth-order valence-corrected chi connectivity index (χ4v) is 1.48. The van der Waals surface area contributed by atoms with Crippen molar-refractivity contribution in [2.45, 2.75) is 20.3 Å². The minimum absolute atomic E-state index is 0.118. The van der Waals surface area contributed by atoms with Crippen molar-refractivity contribution in [2.75, 3.05) is 13.1 Å². The molecule has 1 fully saturated rings. The maximum Gasteiger partial charge on any atom is 0.331 e. The van der Waals surface area contributed by atoms with Crippen LogP contribution in [-0.4, -0.2) is 35.0 Å². The third-order valence-corrected chi connectivity index (χ3v) is 2.36. The van der Waals surface area contributed by atoms with Crippen LogP contribution >= 0.6 is 0 Å². The highest BCUT2D eigenvalue weighted by Crippen LogP contribution is 2.16. The van der Waals surface area contributed by atoms with E-state index < -0.39 is 5.97 Å². The monoisotopic (exact) mass is 197 g/mol. The molecular formula is C10H15NO3. The number of hydrogen-bond acceptors (Lipinski definition) is 2. The maximum atomic E-state index is 11.3. The molecule has 0 spiro atoms. The quantitative estimate of drug-likeness (QED) is 0.683. The van der Waals surface area contributed by atoms with E-state index in [9.17, 15) is 9.59 Å². The van der Waals surface area contributed by atoms with E-state index in [0.717, 1.165) is 6.54 Å². The van der Waals surface area contributed by atoms with Gasteiger partial charge in [-0.25, -0.2) is 4.79 Å². The Hall–Kier alpha value is -1.32. The van der Waals surface area contributed by atoms with E-state index in [2.05, 4.69) is 0 Å². The van der Waals surface area contributed by atoms with E-state index >= 15 is 0 Å². The Balaban J connectivity index is 2.50. The van der Waals surface area contributed by atoms with E-state index in [4.69, 9.17) is 5.11 Å². The Morgan fingerprint density at radius 1 is 1.71 bits per heavy atom. The first-order valence-electron chi connectivity index (χ1n) is 4.68. The van der Waals surface area contributed by atoms with Crippen LogP contribution in [-0.2, 0) is 9.59 Å². The van der Waals surface area contributed by atoms with Gasteiger partial charge >= 0.3 is 5.97 Å². The zero-order valence-electron chi connectivity index (χ0n) is 8.49. The fraction of sp³-hybridized carbons (Fsp3) is 0.600. The molecule has 0 saturated carbocycles. The molecule has 1 heterocycles. The first-order chi connectivity index (χ1) is 6.50. The summed E-state index contributed by atoms with van der Waals surface area (Å²) in [5.74, 6) is -0.419. The number of rotatable bonds is 3. The van der Waals surface area contributed by atoms with Gasteiger partial charge in [-0.3, -0.25) is 4.79 Å². The van der Waals surface area contributed by atoms with Crippen LogP contribution in [0.4, 0.5) is 0 Å². The molecule has 0 bridgehead atoms. The molecule has 0 radical (unpaired) electrons. The largest absolute Gasteiger partial charge is 0.478 e. The van der Waals surface area contributed by atoms with Gasteiger partial charge in [0.1, 0.15) is 0 Å². The SMILES string of the molecule is C/C(=C/CN1CC(C)CC1=O)C(=O)O. The number of carboxylic acid groups (broad SMARTS) is 1. The predicted molar refractivity (Wildman–Crippen MR) is 51.8 cm³/mol. The molecule has 0 aromatic carbocycles. The van der Waals surface area contributed by atoms with Gasteiger partial charge in [-0.1, -0.05) is 13.0 Å². The summed E-state index contributed by atoms with van der Waals surface area (Å²) in [7, 11) is 0. The minimum Gasteiger partial charge on any atom is -0.478 e. The topological polar surface area (TPSA) is 57.6 Å². The highest BCUT2D eigenvalue weighted by molar-refractivity contribution is 5.86. The van der Waals surface area contributed by atoms with E-state index in [0.29, 0.717) is 18.9 Å². The number of carbonyl (C=O) groups is 2. The zero-order valence-corrected chi connectivity index (χ0v) is 8.49. The first kappa shape index (κ1) is 10.8. The molecule has 0 aliphatic carbocycles. The van der Waals surface area contributed by atoms with Crippen molar-refractivity contribution >= 4 is 11.9 Å². The average molecular weight is 197 g/mol. The van der Waals surface area contributed by atoms with Crippen molar-refractivity contribution in [3.63, 3.8) is 0 Å². The van der Waals surface area contributed by atoms with Crippen LogP contribution in [0.3, 0.4) is 0 Å². The summed E-state index contributed by atoms with van der Waals surface area (Å²) < 4.78 is 0. The first-order valence-corrected chi connectivity index (χ1v) is 4.68. The molecule has 4 heteroatoms. The zero-order chi connectivity index (χ0) is 10.7. The van der Waals surface area contributed by atoms with E-state index in [1.807, 2.05) is 6.92 Å². The van der Waals surface area contributed by atoms with Gasteiger partial charge in [-0.05, 0) is 12.8 Å². The van der Waals surface area contributed by atoms with E-state index in [1.165, 1.54) is 6.92 Å². The number of carboxylic acids is 1. The number of hydrogen-bond donors (Lipinski definition) is 1. The van der Waals surface area contributed by atoms with Crippen LogP contribution < -0.4 is 0 Å². The summed E-state index contributed by atoms with van der Waals surface area (Å²) >= 11 is 0. The normalized spacial score (nSPS) is 23.0. The molecule has 0 aromatic rings. The molecular weight excluding hydrogens is 182 g/mol. The molecule has 4 nitrogen and oxygen atoms in total. The molecule has 1 aliphatic heterocycles. The summed E-state index contributed by atoms with van der Waals surface area (Å²) in [5, 5.41) is 8.60. The average Bonchev–Trinajstić information content (AvgIpc) is 2.40. The Kier molecular flexibility index (Phi) is 3.28. The second-order valence-corrected chi connectivity index (χ2v) is 3.80. The van der Waals surface area contributed by atoms with Crippen LogP contribution in [0, 0.1) is 5.92 Å². The van der Waals surface area contributed by atoms with Gasteiger partial charge in [0.05, 0.1) is 0 Å². The molecule has 1 N–H and O–H groups in total.